The number of hydrogen-bond acceptors (Lipinski definition) is 8. The number of hydrogen-bond donors (Lipinski definition) is 1. The van der Waals surface area contributed by atoms with Crippen molar-refractivity contribution in [3.05, 3.63) is 24.8 Å². The first-order valence-electron chi connectivity index (χ1n) is 13.4. The van der Waals surface area contributed by atoms with Crippen molar-refractivity contribution in [1.29, 1.82) is 5.26 Å². The van der Waals surface area contributed by atoms with Gasteiger partial charge in [0.2, 0.25) is 5.91 Å². The van der Waals surface area contributed by atoms with Crippen LogP contribution in [0.1, 0.15) is 51.0 Å². The average Bonchev–Trinajstić information content (AvgIpc) is 3.69. The van der Waals surface area contributed by atoms with E-state index >= 15 is 0 Å². The standard InChI is InChI=1S/C26H31FN8O2S/c27-38-35-8-6-20-23(29-16-30-25(20)35)21-15-34(22(5-7-28)17-3-1-2-4-17)32-24(21)31-19-13-18(14-19)26(36)33-9-11-37-12-10-33/h6,8,15-19,22H,1-5,9-14H2,(H,31,32). The third kappa shape index (κ3) is 4.73. The van der Waals surface area contributed by atoms with Crippen LogP contribution in [0.4, 0.5) is 9.70 Å². The van der Waals surface area contributed by atoms with Gasteiger partial charge in [0.15, 0.2) is 23.8 Å². The Labute approximate surface area is 225 Å². The minimum atomic E-state index is -0.0165. The van der Waals surface area contributed by atoms with Crippen molar-refractivity contribution in [2.45, 2.75) is 57.0 Å². The number of nitrogens with one attached hydrogen (secondary N) is 1. The first-order valence-corrected chi connectivity index (χ1v) is 14.0. The van der Waals surface area contributed by atoms with Crippen LogP contribution in [-0.4, -0.2) is 66.9 Å². The summed E-state index contributed by atoms with van der Waals surface area (Å²) >= 11 is 0.0947. The van der Waals surface area contributed by atoms with Gasteiger partial charge in [-0.2, -0.15) is 10.4 Å². The molecule has 0 radical (unpaired) electrons. The lowest BCUT2D eigenvalue weighted by molar-refractivity contribution is -0.142. The van der Waals surface area contributed by atoms with Gasteiger partial charge in [-0.1, -0.05) is 12.8 Å². The number of morpholine rings is 1. The fraction of sp³-hybridized carbons (Fsp3) is 0.577. The first-order chi connectivity index (χ1) is 18.7. The Morgan fingerprint density at radius 3 is 2.79 bits per heavy atom. The smallest absolute Gasteiger partial charge is 0.225 e. The Morgan fingerprint density at radius 2 is 2.05 bits per heavy atom. The molecule has 2 aliphatic carbocycles. The Kier molecular flexibility index (Phi) is 7.21. The molecule has 3 aromatic rings. The normalized spacial score (nSPS) is 22.8. The van der Waals surface area contributed by atoms with Crippen molar-refractivity contribution in [2.24, 2.45) is 11.8 Å². The van der Waals surface area contributed by atoms with Crippen molar-refractivity contribution in [1.82, 2.24) is 28.6 Å². The van der Waals surface area contributed by atoms with Crippen LogP contribution in [0.5, 0.6) is 0 Å². The number of carbonyl (C=O) groups excluding carboxylic acids is 1. The van der Waals surface area contributed by atoms with Gasteiger partial charge in [-0.05, 0) is 37.7 Å². The van der Waals surface area contributed by atoms with Crippen molar-refractivity contribution in [3.63, 3.8) is 0 Å². The topological polar surface area (TPSA) is 114 Å². The molecule has 12 heteroatoms. The van der Waals surface area contributed by atoms with Gasteiger partial charge in [-0.15, -0.1) is 3.89 Å². The van der Waals surface area contributed by atoms with E-state index in [1.807, 2.05) is 21.8 Å². The number of aromatic nitrogens is 5. The van der Waals surface area contributed by atoms with Gasteiger partial charge in [-0.25, -0.2) is 13.9 Å². The number of amides is 1. The molecule has 3 aliphatic rings. The second-order valence-electron chi connectivity index (χ2n) is 10.5. The van der Waals surface area contributed by atoms with E-state index in [9.17, 15) is 13.9 Å². The summed E-state index contributed by atoms with van der Waals surface area (Å²) in [5.41, 5.74) is 1.95. The molecule has 3 aromatic heterocycles. The predicted octanol–water partition coefficient (Wildman–Crippen LogP) is 4.37. The summed E-state index contributed by atoms with van der Waals surface area (Å²) in [6.07, 6.45) is 11.4. The van der Waals surface area contributed by atoms with Crippen LogP contribution < -0.4 is 5.32 Å². The van der Waals surface area contributed by atoms with E-state index < -0.39 is 0 Å². The third-order valence-corrected chi connectivity index (χ3v) is 8.69. The maximum absolute atomic E-state index is 13.5. The molecule has 1 aliphatic heterocycles. The van der Waals surface area contributed by atoms with E-state index in [0.717, 1.165) is 36.6 Å². The van der Waals surface area contributed by atoms with E-state index in [4.69, 9.17) is 9.84 Å². The van der Waals surface area contributed by atoms with E-state index in [0.29, 0.717) is 55.8 Å². The number of nitriles is 1. The molecular weight excluding hydrogens is 507 g/mol. The highest BCUT2D eigenvalue weighted by Crippen LogP contribution is 2.40. The molecular formula is C26H31FN8O2S. The molecule has 3 fully saturated rings. The van der Waals surface area contributed by atoms with Crippen molar-refractivity contribution >= 4 is 35.1 Å². The predicted molar refractivity (Wildman–Crippen MR) is 142 cm³/mol. The molecule has 200 valence electrons. The minimum absolute atomic E-state index is 0.00216. The molecule has 1 atom stereocenters. The summed E-state index contributed by atoms with van der Waals surface area (Å²) < 4.78 is 22.1. The average molecular weight is 539 g/mol. The van der Waals surface area contributed by atoms with Crippen LogP contribution in [-0.2, 0) is 9.53 Å². The van der Waals surface area contributed by atoms with Gasteiger partial charge < -0.3 is 15.0 Å². The lowest BCUT2D eigenvalue weighted by Gasteiger charge is -2.39. The van der Waals surface area contributed by atoms with Crippen LogP contribution in [0.2, 0.25) is 0 Å². The largest absolute Gasteiger partial charge is 0.378 e. The highest BCUT2D eigenvalue weighted by atomic mass is 32.2. The van der Waals surface area contributed by atoms with Gasteiger partial charge in [-0.3, -0.25) is 9.48 Å². The van der Waals surface area contributed by atoms with Crippen LogP contribution in [0.3, 0.4) is 0 Å². The summed E-state index contributed by atoms with van der Waals surface area (Å²) in [5.74, 6) is 1.29. The molecule has 4 heterocycles. The number of halogens is 1. The van der Waals surface area contributed by atoms with E-state index in [-0.39, 0.29) is 36.2 Å². The molecule has 10 nitrogen and oxygen atoms in total. The summed E-state index contributed by atoms with van der Waals surface area (Å²) in [7, 11) is 0. The summed E-state index contributed by atoms with van der Waals surface area (Å²) in [6, 6.07) is 4.26. The fourth-order valence-corrected chi connectivity index (χ4v) is 6.44. The number of nitrogens with zero attached hydrogens (tertiary/aromatic N) is 7. The second kappa shape index (κ2) is 10.9. The van der Waals surface area contributed by atoms with Crippen molar-refractivity contribution < 1.29 is 13.4 Å². The van der Waals surface area contributed by atoms with Gasteiger partial charge in [0.25, 0.3) is 0 Å². The van der Waals surface area contributed by atoms with Crippen LogP contribution in [0.25, 0.3) is 22.3 Å². The number of anilines is 1. The van der Waals surface area contributed by atoms with Gasteiger partial charge in [0.05, 0.1) is 43.0 Å². The van der Waals surface area contributed by atoms with E-state index in [1.54, 1.807) is 6.20 Å². The van der Waals surface area contributed by atoms with Crippen molar-refractivity contribution in [2.75, 3.05) is 31.6 Å². The Morgan fingerprint density at radius 1 is 1.26 bits per heavy atom. The van der Waals surface area contributed by atoms with Gasteiger partial charge >= 0.3 is 0 Å². The molecule has 0 bridgehead atoms. The van der Waals surface area contributed by atoms with Crippen LogP contribution >= 0.6 is 12.3 Å². The summed E-state index contributed by atoms with van der Waals surface area (Å²) in [5, 5.41) is 18.9. The molecule has 1 saturated heterocycles. The fourth-order valence-electron chi connectivity index (χ4n) is 6.12. The van der Waals surface area contributed by atoms with E-state index in [1.165, 1.54) is 23.1 Å². The van der Waals surface area contributed by atoms with Gasteiger partial charge in [0.1, 0.15) is 6.33 Å². The lowest BCUT2D eigenvalue weighted by Crippen LogP contribution is -2.49. The number of fused-ring (bicyclic) bond motifs is 1. The minimum Gasteiger partial charge on any atom is -0.378 e. The number of ether oxygens (including phenoxy) is 1. The zero-order valence-electron chi connectivity index (χ0n) is 21.1. The molecule has 0 spiro atoms. The molecule has 1 N–H and O–H groups in total. The lowest BCUT2D eigenvalue weighted by atomic mass is 9.79. The highest BCUT2D eigenvalue weighted by Gasteiger charge is 2.38. The van der Waals surface area contributed by atoms with Crippen LogP contribution in [0, 0.1) is 23.2 Å². The molecule has 38 heavy (non-hydrogen) atoms. The number of rotatable bonds is 8. The van der Waals surface area contributed by atoms with E-state index in [2.05, 4.69) is 21.4 Å². The van der Waals surface area contributed by atoms with Gasteiger partial charge in [0, 0.05) is 42.8 Å². The first kappa shape index (κ1) is 25.1. The Bertz CT molecular complexity index is 1330. The maximum atomic E-state index is 13.5. The SMILES string of the molecule is N#CCC(C1CCCC1)n1cc(-c2ncnc3c2ccn3SF)c(NC2CC(C(=O)N3CCOCC3)C2)n1. The van der Waals surface area contributed by atoms with Crippen LogP contribution in [0.15, 0.2) is 24.8 Å². The molecule has 1 amide bonds. The monoisotopic (exact) mass is 538 g/mol. The zero-order chi connectivity index (χ0) is 26.1. The Balaban J connectivity index is 1.29. The maximum Gasteiger partial charge on any atom is 0.225 e. The summed E-state index contributed by atoms with van der Waals surface area (Å²) in [4.78, 5) is 23.6. The Hall–Kier alpha value is -3.17. The molecule has 1 unspecified atom stereocenters. The quantitative estimate of drug-likeness (QED) is 0.450. The number of carbonyl (C=O) groups is 1. The highest BCUT2D eigenvalue weighted by molar-refractivity contribution is 7.92. The molecule has 6 rings (SSSR count). The molecule has 0 aromatic carbocycles. The molecule has 2 saturated carbocycles. The second-order valence-corrected chi connectivity index (χ2v) is 11.0. The summed E-state index contributed by atoms with van der Waals surface area (Å²) in [6.45, 7) is 2.51. The third-order valence-electron chi connectivity index (χ3n) is 8.24. The zero-order valence-corrected chi connectivity index (χ0v) is 21.9. The van der Waals surface area contributed by atoms with Crippen molar-refractivity contribution in [3.8, 4) is 17.3 Å².